The maximum atomic E-state index is 4.26. The summed E-state index contributed by atoms with van der Waals surface area (Å²) in [4.78, 5) is 0. The minimum atomic E-state index is 0.822. The van der Waals surface area contributed by atoms with Gasteiger partial charge in [-0.3, -0.25) is 0 Å². The molecule has 0 saturated heterocycles. The number of aromatic nitrogens is 2. The average Bonchev–Trinajstić information content (AvgIpc) is 2.82. The second kappa shape index (κ2) is 5.46. The molecule has 0 radical (unpaired) electrons. The summed E-state index contributed by atoms with van der Waals surface area (Å²) in [5.74, 6) is 0. The second-order valence-electron chi connectivity index (χ2n) is 4.14. The predicted molar refractivity (Wildman–Crippen MR) is 70.1 cm³/mol. The van der Waals surface area contributed by atoms with Gasteiger partial charge in [0.05, 0.1) is 5.69 Å². The summed E-state index contributed by atoms with van der Waals surface area (Å²) in [6.07, 6.45) is 3.75. The van der Waals surface area contributed by atoms with Crippen molar-refractivity contribution in [3.63, 3.8) is 0 Å². The van der Waals surface area contributed by atoms with Gasteiger partial charge in [0, 0.05) is 25.5 Å². The first-order chi connectivity index (χ1) is 8.27. The predicted octanol–water partition coefficient (Wildman–Crippen LogP) is 2.54. The van der Waals surface area contributed by atoms with Crippen LogP contribution < -0.4 is 5.32 Å². The van der Waals surface area contributed by atoms with Gasteiger partial charge >= 0.3 is 0 Å². The van der Waals surface area contributed by atoms with Gasteiger partial charge in [-0.25, -0.2) is 4.68 Å². The molecule has 2 aromatic rings. The molecule has 0 amide bonds. The first-order valence-electron chi connectivity index (χ1n) is 5.70. The Bertz CT molecular complexity index is 486. The number of nitrogens with zero attached hydrogens (tertiary/aromatic N) is 2. The molecule has 3 heteroatoms. The molecule has 0 aliphatic rings. The summed E-state index contributed by atoms with van der Waals surface area (Å²) in [7, 11) is 0. The summed E-state index contributed by atoms with van der Waals surface area (Å²) in [6.45, 7) is 7.56. The van der Waals surface area contributed by atoms with E-state index in [-0.39, 0.29) is 0 Å². The van der Waals surface area contributed by atoms with Crippen molar-refractivity contribution in [1.82, 2.24) is 15.1 Å². The van der Waals surface area contributed by atoms with Gasteiger partial charge in [0.15, 0.2) is 0 Å². The highest BCUT2D eigenvalue weighted by atomic mass is 15.3. The van der Waals surface area contributed by atoms with Gasteiger partial charge in [-0.1, -0.05) is 30.4 Å². The smallest absolute Gasteiger partial charge is 0.0690 e. The van der Waals surface area contributed by atoms with Crippen LogP contribution in [0.3, 0.4) is 0 Å². The highest BCUT2D eigenvalue weighted by Crippen LogP contribution is 2.12. The fourth-order valence-corrected chi connectivity index (χ4v) is 1.71. The SMILES string of the molecule is C=C(C)CNCc1ccccc1-n1cccn1. The Balaban J connectivity index is 2.14. The summed E-state index contributed by atoms with van der Waals surface area (Å²) in [6, 6.07) is 10.2. The minimum absolute atomic E-state index is 0.822. The number of para-hydroxylation sites is 1. The fourth-order valence-electron chi connectivity index (χ4n) is 1.71. The highest BCUT2D eigenvalue weighted by molar-refractivity contribution is 5.40. The number of rotatable bonds is 5. The zero-order chi connectivity index (χ0) is 12.1. The molecule has 1 aromatic carbocycles. The molecule has 0 aliphatic heterocycles. The third kappa shape index (κ3) is 3.04. The molecule has 1 heterocycles. The van der Waals surface area contributed by atoms with Gasteiger partial charge < -0.3 is 5.32 Å². The zero-order valence-corrected chi connectivity index (χ0v) is 10.1. The van der Waals surface area contributed by atoms with Crippen molar-refractivity contribution in [2.45, 2.75) is 13.5 Å². The van der Waals surface area contributed by atoms with Crippen molar-refractivity contribution in [2.24, 2.45) is 0 Å². The minimum Gasteiger partial charge on any atom is -0.309 e. The van der Waals surface area contributed by atoms with Crippen LogP contribution in [0.25, 0.3) is 5.69 Å². The lowest BCUT2D eigenvalue weighted by molar-refractivity contribution is 0.729. The summed E-state index contributed by atoms with van der Waals surface area (Å²) >= 11 is 0. The van der Waals surface area contributed by atoms with E-state index in [9.17, 15) is 0 Å². The van der Waals surface area contributed by atoms with Crippen molar-refractivity contribution >= 4 is 0 Å². The van der Waals surface area contributed by atoms with Gasteiger partial charge in [-0.05, 0) is 24.6 Å². The van der Waals surface area contributed by atoms with Gasteiger partial charge in [0.2, 0.25) is 0 Å². The van der Waals surface area contributed by atoms with E-state index in [1.54, 1.807) is 6.20 Å². The Kier molecular flexibility index (Phi) is 3.73. The fraction of sp³-hybridized carbons (Fsp3) is 0.214. The molecule has 0 atom stereocenters. The van der Waals surface area contributed by atoms with Crippen LogP contribution in [0.4, 0.5) is 0 Å². The lowest BCUT2D eigenvalue weighted by atomic mass is 10.1. The summed E-state index contributed by atoms with van der Waals surface area (Å²) < 4.78 is 1.89. The van der Waals surface area contributed by atoms with Crippen LogP contribution in [-0.2, 0) is 6.54 Å². The van der Waals surface area contributed by atoms with E-state index in [1.165, 1.54) is 5.56 Å². The molecule has 1 aromatic heterocycles. The van der Waals surface area contributed by atoms with E-state index in [0.717, 1.165) is 24.4 Å². The molecular formula is C14H17N3. The molecule has 3 nitrogen and oxygen atoms in total. The summed E-state index contributed by atoms with van der Waals surface area (Å²) in [5, 5.41) is 7.62. The van der Waals surface area contributed by atoms with Gasteiger partial charge in [-0.15, -0.1) is 0 Å². The second-order valence-corrected chi connectivity index (χ2v) is 4.14. The molecule has 1 N–H and O–H groups in total. The monoisotopic (exact) mass is 227 g/mol. The Labute approximate surface area is 102 Å². The van der Waals surface area contributed by atoms with Crippen LogP contribution in [0.5, 0.6) is 0 Å². The molecule has 17 heavy (non-hydrogen) atoms. The quantitative estimate of drug-likeness (QED) is 0.795. The number of hydrogen-bond acceptors (Lipinski definition) is 2. The average molecular weight is 227 g/mol. The zero-order valence-electron chi connectivity index (χ0n) is 10.1. The Morgan fingerprint density at radius 1 is 1.35 bits per heavy atom. The third-order valence-corrected chi connectivity index (χ3v) is 2.49. The van der Waals surface area contributed by atoms with E-state index in [0.29, 0.717) is 0 Å². The van der Waals surface area contributed by atoms with Crippen molar-refractivity contribution in [3.05, 3.63) is 60.4 Å². The van der Waals surface area contributed by atoms with Crippen molar-refractivity contribution in [1.29, 1.82) is 0 Å². The number of nitrogens with one attached hydrogen (secondary N) is 1. The Hall–Kier alpha value is -1.87. The van der Waals surface area contributed by atoms with E-state index < -0.39 is 0 Å². The Morgan fingerprint density at radius 3 is 2.88 bits per heavy atom. The maximum absolute atomic E-state index is 4.26. The van der Waals surface area contributed by atoms with Crippen molar-refractivity contribution < 1.29 is 0 Å². The standard InChI is InChI=1S/C14H17N3/c1-12(2)10-15-11-13-6-3-4-7-14(13)17-9-5-8-16-17/h3-9,15H,1,10-11H2,2H3. The number of hydrogen-bond donors (Lipinski definition) is 1. The van der Waals surface area contributed by atoms with Crippen LogP contribution in [0.1, 0.15) is 12.5 Å². The van der Waals surface area contributed by atoms with Crippen molar-refractivity contribution in [3.8, 4) is 5.69 Å². The van der Waals surface area contributed by atoms with Crippen LogP contribution in [0.15, 0.2) is 54.9 Å². The molecule has 0 saturated carbocycles. The van der Waals surface area contributed by atoms with E-state index >= 15 is 0 Å². The van der Waals surface area contributed by atoms with E-state index in [4.69, 9.17) is 0 Å². The highest BCUT2D eigenvalue weighted by Gasteiger charge is 2.03. The van der Waals surface area contributed by atoms with E-state index in [2.05, 4.69) is 29.1 Å². The Morgan fingerprint density at radius 2 is 2.18 bits per heavy atom. The van der Waals surface area contributed by atoms with Gasteiger partial charge in [0.25, 0.3) is 0 Å². The van der Waals surface area contributed by atoms with Gasteiger partial charge in [0.1, 0.15) is 0 Å². The topological polar surface area (TPSA) is 29.9 Å². The largest absolute Gasteiger partial charge is 0.309 e. The lowest BCUT2D eigenvalue weighted by Gasteiger charge is -2.10. The summed E-state index contributed by atoms with van der Waals surface area (Å²) in [5.41, 5.74) is 3.49. The molecule has 0 bridgehead atoms. The molecular weight excluding hydrogens is 210 g/mol. The first kappa shape index (κ1) is 11.6. The lowest BCUT2D eigenvalue weighted by Crippen LogP contribution is -2.16. The van der Waals surface area contributed by atoms with Crippen LogP contribution in [0, 0.1) is 0 Å². The maximum Gasteiger partial charge on any atom is 0.0690 e. The molecule has 2 rings (SSSR count). The van der Waals surface area contributed by atoms with Crippen LogP contribution in [-0.4, -0.2) is 16.3 Å². The van der Waals surface area contributed by atoms with Crippen LogP contribution in [0.2, 0.25) is 0 Å². The van der Waals surface area contributed by atoms with Gasteiger partial charge in [-0.2, -0.15) is 5.10 Å². The molecule has 88 valence electrons. The molecule has 0 aliphatic carbocycles. The first-order valence-corrected chi connectivity index (χ1v) is 5.70. The number of benzene rings is 1. The molecule has 0 unspecified atom stereocenters. The van der Waals surface area contributed by atoms with Crippen LogP contribution >= 0.6 is 0 Å². The molecule has 0 spiro atoms. The van der Waals surface area contributed by atoms with Crippen molar-refractivity contribution in [2.75, 3.05) is 6.54 Å². The third-order valence-electron chi connectivity index (χ3n) is 2.49. The van der Waals surface area contributed by atoms with E-state index in [1.807, 2.05) is 36.0 Å². The normalized spacial score (nSPS) is 10.4. The molecule has 0 fully saturated rings.